The summed E-state index contributed by atoms with van der Waals surface area (Å²) in [5, 5.41) is 7.05. The van der Waals surface area contributed by atoms with Crippen LogP contribution in [0.2, 0.25) is 10.6 Å². The molecule has 47 heavy (non-hydrogen) atoms. The molecule has 12 nitrogen and oxygen atoms in total. The molecule has 1 aromatic carbocycles. The van der Waals surface area contributed by atoms with Gasteiger partial charge in [0.15, 0.2) is 0 Å². The second kappa shape index (κ2) is 15.7. The summed E-state index contributed by atoms with van der Waals surface area (Å²) >= 11 is 15.2. The summed E-state index contributed by atoms with van der Waals surface area (Å²) in [5.41, 5.74) is 0.911. The highest BCUT2D eigenvalue weighted by Crippen LogP contribution is 2.29. The van der Waals surface area contributed by atoms with Gasteiger partial charge in [0.25, 0.3) is 0 Å². The highest BCUT2D eigenvalue weighted by molar-refractivity contribution is 9.10. The average molecular weight is 753 g/mol. The fourth-order valence-corrected chi connectivity index (χ4v) is 5.45. The fraction of sp³-hybridized carbons (Fsp3) is 0.500. The molecule has 2 atom stereocenters. The maximum atomic E-state index is 12.2. The van der Waals surface area contributed by atoms with E-state index in [1.165, 1.54) is 0 Å². The van der Waals surface area contributed by atoms with E-state index in [4.69, 9.17) is 32.7 Å². The van der Waals surface area contributed by atoms with Gasteiger partial charge in [-0.15, -0.1) is 0 Å². The molecule has 3 aromatic rings. The van der Waals surface area contributed by atoms with Crippen LogP contribution >= 0.6 is 39.1 Å². The topological polar surface area (TPSA) is 135 Å². The van der Waals surface area contributed by atoms with Gasteiger partial charge in [-0.2, -0.15) is 4.98 Å². The summed E-state index contributed by atoms with van der Waals surface area (Å²) in [5.74, 6) is 1.30. The maximum Gasteiger partial charge on any atom is 0.410 e. The van der Waals surface area contributed by atoms with E-state index in [1.807, 2.05) is 71.9 Å². The van der Waals surface area contributed by atoms with Gasteiger partial charge in [-0.3, -0.25) is 0 Å². The minimum atomic E-state index is -0.497. The van der Waals surface area contributed by atoms with Gasteiger partial charge in [0, 0.05) is 56.2 Å². The summed E-state index contributed by atoms with van der Waals surface area (Å²) in [6, 6.07) is 10.1. The molecule has 0 unspecified atom stereocenters. The van der Waals surface area contributed by atoms with Crippen molar-refractivity contribution in [3.63, 3.8) is 0 Å². The largest absolute Gasteiger partial charge is 0.444 e. The summed E-state index contributed by atoms with van der Waals surface area (Å²) in [7, 11) is 0. The number of likely N-dealkylation sites (tertiary alicyclic amines) is 2. The van der Waals surface area contributed by atoms with Gasteiger partial charge >= 0.3 is 12.2 Å². The van der Waals surface area contributed by atoms with Crippen molar-refractivity contribution < 1.29 is 19.1 Å². The number of halogens is 3. The predicted molar refractivity (Wildman–Crippen MR) is 187 cm³/mol. The molecule has 2 aliphatic heterocycles. The average Bonchev–Trinajstić information content (AvgIpc) is 3.65. The maximum absolute atomic E-state index is 12.2. The molecule has 2 amide bonds. The van der Waals surface area contributed by atoms with Crippen LogP contribution in [0.25, 0.3) is 11.1 Å². The first-order chi connectivity index (χ1) is 22.1. The van der Waals surface area contributed by atoms with E-state index in [0.717, 1.165) is 28.4 Å². The lowest BCUT2D eigenvalue weighted by Gasteiger charge is -2.24. The standard InChI is InChI=1S/C19H23ClN4O2.C13H18BrClN4O2/c1-19(2,3)26-18(25)24-10-9-14(12-24)22-16-15(11-21-17(20)23-16)13-7-5-4-6-8-13;1-13(2,3)21-12(20)19-5-4-8(7-19)17-10-9(14)6-16-11(15)18-10/h4-8,11,14H,9-10,12H2,1-3H3,(H,21,22,23);6,8H,4-5,7H2,1-3H3,(H,16,17,18)/t14-;8-/m00/s1. The predicted octanol–water partition coefficient (Wildman–Crippen LogP) is 7.53. The Hall–Kier alpha value is -3.42. The Labute approximate surface area is 294 Å². The molecule has 0 aliphatic carbocycles. The highest BCUT2D eigenvalue weighted by Gasteiger charge is 2.31. The molecule has 0 radical (unpaired) electrons. The molecule has 4 heterocycles. The number of anilines is 2. The van der Waals surface area contributed by atoms with Gasteiger partial charge in [0.1, 0.15) is 22.8 Å². The molecule has 254 valence electrons. The number of amides is 2. The number of rotatable bonds is 5. The van der Waals surface area contributed by atoms with E-state index in [1.54, 1.807) is 22.2 Å². The second-order valence-corrected chi connectivity index (χ2v) is 14.7. The number of carbonyl (C=O) groups is 2. The molecule has 2 aliphatic rings. The van der Waals surface area contributed by atoms with Crippen LogP contribution in [-0.2, 0) is 9.47 Å². The first-order valence-corrected chi connectivity index (χ1v) is 16.9. The molecule has 15 heteroatoms. The highest BCUT2D eigenvalue weighted by atomic mass is 79.9. The SMILES string of the molecule is CC(C)(C)OC(=O)N1CC[C@H](Nc2nc(Cl)ncc2-c2ccccc2)C1.CC(C)(C)OC(=O)N1CC[C@H](Nc2nc(Cl)ncc2Br)C1. The van der Waals surface area contributed by atoms with Crippen LogP contribution in [0.1, 0.15) is 54.4 Å². The van der Waals surface area contributed by atoms with Crippen molar-refractivity contribution in [2.75, 3.05) is 36.8 Å². The van der Waals surface area contributed by atoms with Crippen molar-refractivity contribution in [1.82, 2.24) is 29.7 Å². The summed E-state index contributed by atoms with van der Waals surface area (Å²) in [6.07, 6.45) is 4.38. The number of aromatic nitrogens is 4. The Bertz CT molecular complexity index is 1540. The van der Waals surface area contributed by atoms with E-state index >= 15 is 0 Å². The van der Waals surface area contributed by atoms with Gasteiger partial charge < -0.3 is 29.9 Å². The molecule has 5 rings (SSSR count). The van der Waals surface area contributed by atoms with Crippen LogP contribution in [0.3, 0.4) is 0 Å². The molecule has 0 saturated carbocycles. The summed E-state index contributed by atoms with van der Waals surface area (Å²) in [6.45, 7) is 13.6. The van der Waals surface area contributed by atoms with E-state index in [2.05, 4.69) is 46.5 Å². The number of ether oxygens (including phenoxy) is 2. The van der Waals surface area contributed by atoms with E-state index in [-0.39, 0.29) is 34.8 Å². The van der Waals surface area contributed by atoms with Crippen LogP contribution in [0, 0.1) is 0 Å². The van der Waals surface area contributed by atoms with Crippen molar-refractivity contribution >= 4 is 63.0 Å². The summed E-state index contributed by atoms with van der Waals surface area (Å²) in [4.78, 5) is 44.1. The third-order valence-electron chi connectivity index (χ3n) is 6.92. The first-order valence-electron chi connectivity index (χ1n) is 15.3. The Balaban J connectivity index is 0.000000218. The minimum Gasteiger partial charge on any atom is -0.444 e. The normalized spacial score (nSPS) is 17.9. The molecule has 0 spiro atoms. The van der Waals surface area contributed by atoms with Gasteiger partial charge in [0.2, 0.25) is 10.6 Å². The number of nitrogens with zero attached hydrogens (tertiary/aromatic N) is 6. The Morgan fingerprint density at radius 1 is 0.787 bits per heavy atom. The van der Waals surface area contributed by atoms with Gasteiger partial charge in [-0.05, 0) is 99.1 Å². The Morgan fingerprint density at radius 2 is 1.26 bits per heavy atom. The van der Waals surface area contributed by atoms with Gasteiger partial charge in [-0.1, -0.05) is 30.3 Å². The Kier molecular flexibility index (Phi) is 12.1. The zero-order valence-electron chi connectivity index (χ0n) is 27.4. The molecule has 2 aromatic heterocycles. The minimum absolute atomic E-state index is 0.0796. The first kappa shape index (κ1) is 36.4. The number of nitrogens with one attached hydrogen (secondary N) is 2. The molecule has 2 N–H and O–H groups in total. The zero-order valence-corrected chi connectivity index (χ0v) is 30.5. The fourth-order valence-electron chi connectivity index (χ4n) is 4.87. The van der Waals surface area contributed by atoms with Gasteiger partial charge in [0.05, 0.1) is 4.47 Å². The van der Waals surface area contributed by atoms with Crippen molar-refractivity contribution in [2.45, 2.75) is 77.7 Å². The number of carbonyl (C=O) groups excluding carboxylic acids is 2. The van der Waals surface area contributed by atoms with E-state index in [9.17, 15) is 9.59 Å². The summed E-state index contributed by atoms with van der Waals surface area (Å²) < 4.78 is 11.5. The van der Waals surface area contributed by atoms with Gasteiger partial charge in [-0.25, -0.2) is 24.5 Å². The van der Waals surface area contributed by atoms with Crippen LogP contribution in [0.4, 0.5) is 21.2 Å². The van der Waals surface area contributed by atoms with Crippen LogP contribution in [-0.4, -0.2) is 91.4 Å². The number of hydrogen-bond acceptors (Lipinski definition) is 10. The lowest BCUT2D eigenvalue weighted by atomic mass is 10.1. The van der Waals surface area contributed by atoms with Crippen molar-refractivity contribution in [3.8, 4) is 11.1 Å². The van der Waals surface area contributed by atoms with Crippen molar-refractivity contribution in [2.24, 2.45) is 0 Å². The number of hydrogen-bond donors (Lipinski definition) is 2. The molecule has 2 saturated heterocycles. The van der Waals surface area contributed by atoms with Crippen LogP contribution in [0.5, 0.6) is 0 Å². The Morgan fingerprint density at radius 3 is 1.77 bits per heavy atom. The van der Waals surface area contributed by atoms with Crippen molar-refractivity contribution in [1.29, 1.82) is 0 Å². The van der Waals surface area contributed by atoms with Crippen LogP contribution < -0.4 is 10.6 Å². The molecular formula is C32H41BrCl2N8O4. The van der Waals surface area contributed by atoms with Crippen LogP contribution in [0.15, 0.2) is 47.2 Å². The lowest BCUT2D eigenvalue weighted by molar-refractivity contribution is 0.0283. The zero-order chi connectivity index (χ0) is 34.4. The third-order valence-corrected chi connectivity index (χ3v) is 7.86. The third kappa shape index (κ3) is 11.4. The second-order valence-electron chi connectivity index (χ2n) is 13.2. The molecule has 0 bridgehead atoms. The molecular weight excluding hydrogens is 711 g/mol. The van der Waals surface area contributed by atoms with E-state index in [0.29, 0.717) is 37.8 Å². The monoisotopic (exact) mass is 750 g/mol. The molecule has 2 fully saturated rings. The van der Waals surface area contributed by atoms with Crippen molar-refractivity contribution in [3.05, 3.63) is 57.8 Å². The quantitative estimate of drug-likeness (QED) is 0.252. The number of benzene rings is 1. The smallest absolute Gasteiger partial charge is 0.410 e. The van der Waals surface area contributed by atoms with E-state index < -0.39 is 11.2 Å². The lowest BCUT2D eigenvalue weighted by Crippen LogP contribution is -2.36.